The molecule has 0 aromatic carbocycles. The largest absolute Gasteiger partial charge is 0.456 e. The fraction of sp³-hybridized carbons (Fsp3) is 0.647. The minimum atomic E-state index is -1.86. The standard InChI is InChI=1S/C17H23Cl2N3O6/c1-8(2)13(24)20-11-5-6-22(16(26)21-11)15-17(18,19)12(10(7-23)27-15)28-14(25)9(3)4/h5-6,8-10,12,15,23H,7H2,1-4H3,(H,20,21,24,26)/t10-,12-,15?/m1/s1. The third-order valence-electron chi connectivity index (χ3n) is 4.10. The zero-order chi connectivity index (χ0) is 21.2. The second-order valence-corrected chi connectivity index (χ2v) is 8.49. The molecule has 1 saturated heterocycles. The monoisotopic (exact) mass is 435 g/mol. The molecule has 1 amide bonds. The molecule has 1 aliphatic rings. The lowest BCUT2D eigenvalue weighted by atomic mass is 10.1. The van der Waals surface area contributed by atoms with Crippen LogP contribution in [-0.4, -0.2) is 49.7 Å². The van der Waals surface area contributed by atoms with Gasteiger partial charge in [0.15, 0.2) is 12.3 Å². The Morgan fingerprint density at radius 2 is 2.00 bits per heavy atom. The Hall–Kier alpha value is -1.68. The van der Waals surface area contributed by atoms with Gasteiger partial charge in [-0.15, -0.1) is 0 Å². The van der Waals surface area contributed by atoms with Crippen molar-refractivity contribution in [1.82, 2.24) is 9.55 Å². The first-order valence-electron chi connectivity index (χ1n) is 8.73. The second kappa shape index (κ2) is 8.77. The van der Waals surface area contributed by atoms with Crippen LogP contribution in [0.15, 0.2) is 17.1 Å². The molecule has 0 aliphatic carbocycles. The van der Waals surface area contributed by atoms with E-state index in [-0.39, 0.29) is 17.6 Å². The van der Waals surface area contributed by atoms with Crippen molar-refractivity contribution >= 4 is 40.9 Å². The molecule has 9 nitrogen and oxygen atoms in total. The van der Waals surface area contributed by atoms with Gasteiger partial charge >= 0.3 is 11.7 Å². The summed E-state index contributed by atoms with van der Waals surface area (Å²) in [6.07, 6.45) is -2.20. The molecule has 156 valence electrons. The summed E-state index contributed by atoms with van der Waals surface area (Å²) in [5.41, 5.74) is -0.787. The molecule has 0 bridgehead atoms. The number of amides is 1. The maximum Gasteiger partial charge on any atom is 0.351 e. The van der Waals surface area contributed by atoms with Crippen LogP contribution in [0.1, 0.15) is 33.9 Å². The van der Waals surface area contributed by atoms with Crippen LogP contribution in [0.5, 0.6) is 0 Å². The van der Waals surface area contributed by atoms with Gasteiger partial charge in [-0.25, -0.2) is 4.79 Å². The number of carbonyl (C=O) groups excluding carboxylic acids is 2. The lowest BCUT2D eigenvalue weighted by Crippen LogP contribution is -2.43. The molecule has 2 heterocycles. The van der Waals surface area contributed by atoms with Gasteiger partial charge in [-0.3, -0.25) is 14.2 Å². The Bertz CT molecular complexity index is 795. The molecule has 0 radical (unpaired) electrons. The Labute approximate surface area is 171 Å². The predicted octanol–water partition coefficient (Wildman–Crippen LogP) is 1.47. The van der Waals surface area contributed by atoms with E-state index in [0.29, 0.717) is 0 Å². The molecule has 28 heavy (non-hydrogen) atoms. The molecule has 3 atom stereocenters. The zero-order valence-electron chi connectivity index (χ0n) is 15.9. The molecule has 1 unspecified atom stereocenters. The van der Waals surface area contributed by atoms with E-state index in [2.05, 4.69) is 10.3 Å². The van der Waals surface area contributed by atoms with Gasteiger partial charge in [0.1, 0.15) is 11.9 Å². The van der Waals surface area contributed by atoms with Crippen molar-refractivity contribution in [3.63, 3.8) is 0 Å². The van der Waals surface area contributed by atoms with Crippen molar-refractivity contribution in [2.45, 2.75) is 50.5 Å². The summed E-state index contributed by atoms with van der Waals surface area (Å²) in [6.45, 7) is 6.13. The molecular weight excluding hydrogens is 413 g/mol. The van der Waals surface area contributed by atoms with Crippen molar-refractivity contribution in [2.75, 3.05) is 11.9 Å². The van der Waals surface area contributed by atoms with Gasteiger partial charge in [0.2, 0.25) is 10.2 Å². The Balaban J connectivity index is 2.30. The third-order valence-corrected chi connectivity index (χ3v) is 4.91. The number of halogens is 2. The Morgan fingerprint density at radius 1 is 1.36 bits per heavy atom. The number of nitrogens with zero attached hydrogens (tertiary/aromatic N) is 2. The van der Waals surface area contributed by atoms with E-state index in [4.69, 9.17) is 32.7 Å². The molecule has 1 aromatic rings. The Kier molecular flexibility index (Phi) is 7.08. The third kappa shape index (κ3) is 4.65. The SMILES string of the molecule is CC(C)C(=O)Nc1ccn(C2O[C@H](CO)[C@@H](OC(=O)C(C)C)C2(Cl)Cl)c(=O)n1. The van der Waals surface area contributed by atoms with Gasteiger partial charge in [-0.05, 0) is 6.07 Å². The number of ether oxygens (including phenoxy) is 2. The number of esters is 1. The average molecular weight is 436 g/mol. The van der Waals surface area contributed by atoms with Crippen molar-refractivity contribution in [2.24, 2.45) is 11.8 Å². The summed E-state index contributed by atoms with van der Waals surface area (Å²) >= 11 is 12.8. The fourth-order valence-corrected chi connectivity index (χ4v) is 3.14. The number of anilines is 1. The summed E-state index contributed by atoms with van der Waals surface area (Å²) in [4.78, 5) is 39.9. The van der Waals surface area contributed by atoms with Crippen LogP contribution in [0.4, 0.5) is 5.82 Å². The number of carbonyl (C=O) groups is 2. The summed E-state index contributed by atoms with van der Waals surface area (Å²) in [7, 11) is 0. The smallest absolute Gasteiger partial charge is 0.351 e. The Morgan fingerprint density at radius 3 is 2.50 bits per heavy atom. The number of aliphatic hydroxyl groups is 1. The van der Waals surface area contributed by atoms with Crippen molar-refractivity contribution in [3.8, 4) is 0 Å². The quantitative estimate of drug-likeness (QED) is 0.512. The van der Waals surface area contributed by atoms with Crippen molar-refractivity contribution in [3.05, 3.63) is 22.7 Å². The first kappa shape index (κ1) is 22.6. The minimum Gasteiger partial charge on any atom is -0.456 e. The fourth-order valence-electron chi connectivity index (χ4n) is 2.45. The van der Waals surface area contributed by atoms with Gasteiger partial charge in [-0.1, -0.05) is 50.9 Å². The van der Waals surface area contributed by atoms with E-state index in [1.54, 1.807) is 27.7 Å². The second-order valence-electron chi connectivity index (χ2n) is 7.04. The molecule has 2 rings (SSSR count). The van der Waals surface area contributed by atoms with Crippen LogP contribution < -0.4 is 11.0 Å². The summed E-state index contributed by atoms with van der Waals surface area (Å²) in [5, 5.41) is 12.1. The van der Waals surface area contributed by atoms with Crippen LogP contribution in [0, 0.1) is 11.8 Å². The highest BCUT2D eigenvalue weighted by molar-refractivity contribution is 6.49. The molecule has 1 aliphatic heterocycles. The van der Waals surface area contributed by atoms with E-state index >= 15 is 0 Å². The van der Waals surface area contributed by atoms with Gasteiger partial charge < -0.3 is 19.9 Å². The lowest BCUT2D eigenvalue weighted by molar-refractivity contribution is -0.157. The molecule has 2 N–H and O–H groups in total. The van der Waals surface area contributed by atoms with E-state index in [9.17, 15) is 19.5 Å². The van der Waals surface area contributed by atoms with Crippen LogP contribution in [0.2, 0.25) is 0 Å². The first-order valence-corrected chi connectivity index (χ1v) is 9.49. The molecule has 11 heteroatoms. The predicted molar refractivity (Wildman–Crippen MR) is 102 cm³/mol. The molecule has 0 saturated carbocycles. The molecule has 1 aromatic heterocycles. The maximum absolute atomic E-state index is 12.4. The normalized spacial score (nSPS) is 23.8. The van der Waals surface area contributed by atoms with Crippen LogP contribution >= 0.6 is 23.2 Å². The number of aromatic nitrogens is 2. The topological polar surface area (TPSA) is 120 Å². The van der Waals surface area contributed by atoms with Gasteiger partial charge in [-0.2, -0.15) is 4.98 Å². The summed E-state index contributed by atoms with van der Waals surface area (Å²) < 4.78 is 10.1. The maximum atomic E-state index is 12.4. The number of hydrogen-bond acceptors (Lipinski definition) is 7. The highest BCUT2D eigenvalue weighted by Crippen LogP contribution is 2.47. The summed E-state index contributed by atoms with van der Waals surface area (Å²) in [5.74, 6) is -1.55. The summed E-state index contributed by atoms with van der Waals surface area (Å²) in [6, 6.07) is 1.39. The van der Waals surface area contributed by atoms with E-state index in [1.165, 1.54) is 12.3 Å². The molecule has 1 fully saturated rings. The highest BCUT2D eigenvalue weighted by atomic mass is 35.5. The highest BCUT2D eigenvalue weighted by Gasteiger charge is 2.58. The number of aliphatic hydroxyl groups excluding tert-OH is 1. The van der Waals surface area contributed by atoms with Gasteiger partial charge in [0, 0.05) is 12.1 Å². The van der Waals surface area contributed by atoms with Crippen LogP contribution in [0.25, 0.3) is 0 Å². The number of hydrogen-bond donors (Lipinski definition) is 2. The first-order chi connectivity index (χ1) is 13.0. The van der Waals surface area contributed by atoms with Crippen LogP contribution in [0.3, 0.4) is 0 Å². The van der Waals surface area contributed by atoms with E-state index < -0.39 is 47.0 Å². The van der Waals surface area contributed by atoms with Gasteiger partial charge in [0.25, 0.3) is 0 Å². The molecule has 0 spiro atoms. The molecular formula is C17H23Cl2N3O6. The average Bonchev–Trinajstić information content (AvgIpc) is 2.85. The van der Waals surface area contributed by atoms with E-state index in [1.807, 2.05) is 0 Å². The van der Waals surface area contributed by atoms with Crippen molar-refractivity contribution in [1.29, 1.82) is 0 Å². The van der Waals surface area contributed by atoms with Gasteiger partial charge in [0.05, 0.1) is 12.5 Å². The minimum absolute atomic E-state index is 0.0641. The van der Waals surface area contributed by atoms with Crippen LogP contribution in [-0.2, 0) is 19.1 Å². The number of nitrogens with one attached hydrogen (secondary N) is 1. The van der Waals surface area contributed by atoms with Crippen molar-refractivity contribution < 1.29 is 24.2 Å². The lowest BCUT2D eigenvalue weighted by Gasteiger charge is -2.27. The number of alkyl halides is 2. The number of rotatable bonds is 6. The van der Waals surface area contributed by atoms with E-state index in [0.717, 1.165) is 4.57 Å². The zero-order valence-corrected chi connectivity index (χ0v) is 17.4.